The van der Waals surface area contributed by atoms with E-state index in [1.54, 1.807) is 23.4 Å². The molecule has 2 amide bonds. The van der Waals surface area contributed by atoms with Crippen LogP contribution in [0.3, 0.4) is 0 Å². The molecule has 9 heteroatoms. The second kappa shape index (κ2) is 8.21. The van der Waals surface area contributed by atoms with Gasteiger partial charge in [0.15, 0.2) is 0 Å². The average molecular weight is 363 g/mol. The number of aromatic nitrogens is 3. The van der Waals surface area contributed by atoms with Gasteiger partial charge in [0, 0.05) is 36.8 Å². The Morgan fingerprint density at radius 1 is 1.40 bits per heavy atom. The summed E-state index contributed by atoms with van der Waals surface area (Å²) in [5.41, 5.74) is 1.92. The standard InChI is InChI=1S/C16H21N5O3S/c22-14-7-11(6-12(14)20-16(24)13-8-25-10-19-13)15(23)18-2-1-4-21-5-3-17-9-21/h3,5,8-12,14,22H,1-2,4,6-7H2,(H,18,23)(H,20,24)/t11-,12-,14-/m0/s1. The van der Waals surface area contributed by atoms with Crippen molar-refractivity contribution in [1.82, 2.24) is 25.2 Å². The highest BCUT2D eigenvalue weighted by atomic mass is 32.1. The first kappa shape index (κ1) is 17.6. The van der Waals surface area contributed by atoms with Crippen molar-refractivity contribution in [2.75, 3.05) is 6.54 Å². The van der Waals surface area contributed by atoms with Gasteiger partial charge in [0.2, 0.25) is 5.91 Å². The third-order valence-electron chi connectivity index (χ3n) is 4.33. The molecule has 0 aliphatic heterocycles. The lowest BCUT2D eigenvalue weighted by atomic mass is 10.1. The van der Waals surface area contributed by atoms with E-state index in [0.717, 1.165) is 13.0 Å². The monoisotopic (exact) mass is 363 g/mol. The number of nitrogens with zero attached hydrogens (tertiary/aromatic N) is 3. The number of carbonyl (C=O) groups is 2. The van der Waals surface area contributed by atoms with Crippen molar-refractivity contribution in [1.29, 1.82) is 0 Å². The van der Waals surface area contributed by atoms with Gasteiger partial charge in [0.25, 0.3) is 5.91 Å². The van der Waals surface area contributed by atoms with Gasteiger partial charge in [-0.2, -0.15) is 0 Å². The van der Waals surface area contributed by atoms with Crippen LogP contribution in [0.2, 0.25) is 0 Å². The fourth-order valence-corrected chi connectivity index (χ4v) is 3.52. The average Bonchev–Trinajstić information content (AvgIpc) is 3.34. The fraction of sp³-hybridized carbons (Fsp3) is 0.500. The molecule has 134 valence electrons. The van der Waals surface area contributed by atoms with E-state index in [1.165, 1.54) is 11.3 Å². The second-order valence-corrected chi connectivity index (χ2v) is 6.85. The number of hydrogen-bond acceptors (Lipinski definition) is 6. The minimum Gasteiger partial charge on any atom is -0.391 e. The summed E-state index contributed by atoms with van der Waals surface area (Å²) in [6, 6.07) is -0.420. The summed E-state index contributed by atoms with van der Waals surface area (Å²) in [5.74, 6) is -0.675. The molecule has 1 fully saturated rings. The number of carbonyl (C=O) groups excluding carboxylic acids is 2. The Morgan fingerprint density at radius 3 is 3.00 bits per heavy atom. The lowest BCUT2D eigenvalue weighted by Gasteiger charge is -2.15. The van der Waals surface area contributed by atoms with E-state index in [1.807, 2.05) is 10.8 Å². The fourth-order valence-electron chi connectivity index (χ4n) is 2.99. The van der Waals surface area contributed by atoms with E-state index in [-0.39, 0.29) is 17.7 Å². The summed E-state index contributed by atoms with van der Waals surface area (Å²) in [5, 5.41) is 17.5. The minimum atomic E-state index is -0.718. The van der Waals surface area contributed by atoms with E-state index in [4.69, 9.17) is 0 Å². The maximum absolute atomic E-state index is 12.2. The van der Waals surface area contributed by atoms with Crippen LogP contribution < -0.4 is 10.6 Å². The molecule has 2 aromatic heterocycles. The van der Waals surface area contributed by atoms with E-state index in [2.05, 4.69) is 20.6 Å². The van der Waals surface area contributed by atoms with Crippen LogP contribution in [-0.4, -0.2) is 50.1 Å². The van der Waals surface area contributed by atoms with Crippen molar-refractivity contribution in [2.24, 2.45) is 5.92 Å². The zero-order valence-electron chi connectivity index (χ0n) is 13.7. The van der Waals surface area contributed by atoms with Crippen LogP contribution >= 0.6 is 11.3 Å². The molecule has 2 aromatic rings. The number of aliphatic hydroxyl groups excluding tert-OH is 1. The summed E-state index contributed by atoms with van der Waals surface area (Å²) < 4.78 is 1.95. The van der Waals surface area contributed by atoms with Gasteiger partial charge in [-0.05, 0) is 19.3 Å². The Balaban J connectivity index is 1.41. The molecule has 1 aliphatic carbocycles. The number of aryl methyl sites for hydroxylation is 1. The van der Waals surface area contributed by atoms with Crippen LogP contribution in [0.4, 0.5) is 0 Å². The summed E-state index contributed by atoms with van der Waals surface area (Å²) in [6.07, 6.45) is 6.22. The van der Waals surface area contributed by atoms with Crippen molar-refractivity contribution in [3.63, 3.8) is 0 Å². The molecular weight excluding hydrogens is 342 g/mol. The first-order chi connectivity index (χ1) is 12.1. The number of hydrogen-bond donors (Lipinski definition) is 3. The predicted octanol–water partition coefficient (Wildman–Crippen LogP) is 0.415. The summed E-state index contributed by atoms with van der Waals surface area (Å²) in [4.78, 5) is 32.2. The molecule has 0 aromatic carbocycles. The largest absolute Gasteiger partial charge is 0.391 e. The van der Waals surface area contributed by atoms with Gasteiger partial charge in [-0.25, -0.2) is 9.97 Å². The van der Waals surface area contributed by atoms with Gasteiger partial charge in [-0.1, -0.05) is 0 Å². The SMILES string of the molecule is O=C(N[C@H]1C[C@H](C(=O)NCCCn2ccnc2)C[C@@H]1O)c1cscn1. The van der Waals surface area contributed by atoms with Crippen LogP contribution in [-0.2, 0) is 11.3 Å². The van der Waals surface area contributed by atoms with Crippen molar-refractivity contribution < 1.29 is 14.7 Å². The number of rotatable bonds is 7. The van der Waals surface area contributed by atoms with Gasteiger partial charge in [-0.3, -0.25) is 9.59 Å². The highest BCUT2D eigenvalue weighted by Gasteiger charge is 2.37. The van der Waals surface area contributed by atoms with Crippen LogP contribution in [0.5, 0.6) is 0 Å². The minimum absolute atomic E-state index is 0.0740. The number of thiazole rings is 1. The Labute approximate surface area is 149 Å². The highest BCUT2D eigenvalue weighted by Crippen LogP contribution is 2.26. The van der Waals surface area contributed by atoms with E-state index in [9.17, 15) is 14.7 Å². The van der Waals surface area contributed by atoms with E-state index >= 15 is 0 Å². The number of imidazole rings is 1. The lowest BCUT2D eigenvalue weighted by molar-refractivity contribution is -0.125. The lowest BCUT2D eigenvalue weighted by Crippen LogP contribution is -2.40. The zero-order chi connectivity index (χ0) is 17.6. The molecule has 3 rings (SSSR count). The molecule has 0 bridgehead atoms. The molecule has 0 radical (unpaired) electrons. The molecule has 3 N–H and O–H groups in total. The molecule has 2 heterocycles. The van der Waals surface area contributed by atoms with Crippen molar-refractivity contribution in [2.45, 2.75) is 38.0 Å². The quantitative estimate of drug-likeness (QED) is 0.618. The van der Waals surface area contributed by atoms with Crippen LogP contribution in [0.25, 0.3) is 0 Å². The molecule has 25 heavy (non-hydrogen) atoms. The zero-order valence-corrected chi connectivity index (χ0v) is 14.5. The normalized spacial score (nSPS) is 22.7. The van der Waals surface area contributed by atoms with Gasteiger partial charge in [0.1, 0.15) is 5.69 Å². The molecule has 1 saturated carbocycles. The molecule has 0 unspecified atom stereocenters. The molecule has 1 aliphatic rings. The smallest absolute Gasteiger partial charge is 0.271 e. The first-order valence-electron chi connectivity index (χ1n) is 8.24. The number of amides is 2. The van der Waals surface area contributed by atoms with Crippen LogP contribution in [0, 0.1) is 5.92 Å². The third-order valence-corrected chi connectivity index (χ3v) is 4.92. The van der Waals surface area contributed by atoms with Crippen molar-refractivity contribution in [3.05, 3.63) is 35.3 Å². The second-order valence-electron chi connectivity index (χ2n) is 6.13. The highest BCUT2D eigenvalue weighted by molar-refractivity contribution is 7.07. The first-order valence-corrected chi connectivity index (χ1v) is 9.18. The summed E-state index contributed by atoms with van der Waals surface area (Å²) in [7, 11) is 0. The third kappa shape index (κ3) is 4.64. The van der Waals surface area contributed by atoms with Gasteiger partial charge >= 0.3 is 0 Å². The summed E-state index contributed by atoms with van der Waals surface area (Å²) >= 11 is 1.34. The summed E-state index contributed by atoms with van der Waals surface area (Å²) in [6.45, 7) is 1.36. The van der Waals surface area contributed by atoms with E-state index < -0.39 is 12.1 Å². The number of nitrogens with one attached hydrogen (secondary N) is 2. The molecule has 8 nitrogen and oxygen atoms in total. The maximum atomic E-state index is 12.2. The maximum Gasteiger partial charge on any atom is 0.271 e. The van der Waals surface area contributed by atoms with Crippen LogP contribution in [0.15, 0.2) is 29.6 Å². The van der Waals surface area contributed by atoms with Gasteiger partial charge < -0.3 is 20.3 Å². The molecule has 3 atom stereocenters. The topological polar surface area (TPSA) is 109 Å². The molecular formula is C16H21N5O3S. The number of aliphatic hydroxyl groups is 1. The van der Waals surface area contributed by atoms with Crippen LogP contribution in [0.1, 0.15) is 29.8 Å². The van der Waals surface area contributed by atoms with E-state index in [0.29, 0.717) is 25.1 Å². The van der Waals surface area contributed by atoms with Gasteiger partial charge in [0.05, 0.1) is 24.0 Å². The Morgan fingerprint density at radius 2 is 2.28 bits per heavy atom. The van der Waals surface area contributed by atoms with Crippen molar-refractivity contribution in [3.8, 4) is 0 Å². The molecule has 0 spiro atoms. The Kier molecular flexibility index (Phi) is 5.77. The Bertz CT molecular complexity index is 689. The van der Waals surface area contributed by atoms with Gasteiger partial charge in [-0.15, -0.1) is 11.3 Å². The molecule has 0 saturated heterocycles. The predicted molar refractivity (Wildman–Crippen MR) is 92.0 cm³/mol. The van der Waals surface area contributed by atoms with Crippen molar-refractivity contribution >= 4 is 23.2 Å². The Hall–Kier alpha value is -2.26.